The van der Waals surface area contributed by atoms with Crippen molar-refractivity contribution in [2.45, 2.75) is 12.3 Å². The van der Waals surface area contributed by atoms with Crippen molar-refractivity contribution >= 4 is 11.0 Å². The molecular weight excluding hydrogens is 318 g/mol. The van der Waals surface area contributed by atoms with Gasteiger partial charge in [-0.2, -0.15) is 0 Å². The van der Waals surface area contributed by atoms with Gasteiger partial charge in [-0.1, -0.05) is 18.2 Å². The van der Waals surface area contributed by atoms with Crippen LogP contribution in [0.1, 0.15) is 5.76 Å². The maximum absolute atomic E-state index is 8.36. The van der Waals surface area contributed by atoms with Gasteiger partial charge in [-0.05, 0) is 12.1 Å². The number of fused-ring (bicyclic) bond motifs is 1. The van der Waals surface area contributed by atoms with Crippen molar-refractivity contribution in [1.82, 2.24) is 9.55 Å². The van der Waals surface area contributed by atoms with Gasteiger partial charge in [0.2, 0.25) is 5.79 Å². The van der Waals surface area contributed by atoms with E-state index in [2.05, 4.69) is 4.98 Å². The predicted octanol–water partition coefficient (Wildman–Crippen LogP) is 2.43. The van der Waals surface area contributed by atoms with Crippen molar-refractivity contribution in [3.63, 3.8) is 0 Å². The highest BCUT2D eigenvalue weighted by atomic mass is 16.9. The highest BCUT2D eigenvalue weighted by Crippen LogP contribution is 2.32. The van der Waals surface area contributed by atoms with Crippen LogP contribution >= 0.6 is 0 Å². The smallest absolute Gasteiger partial charge is 0.291 e. The van der Waals surface area contributed by atoms with E-state index in [1.165, 1.54) is 0 Å². The molecule has 0 bridgehead atoms. The minimum atomic E-state index is -1.50. The van der Waals surface area contributed by atoms with Gasteiger partial charge >= 0.3 is 0 Å². The molecule has 0 fully saturated rings. The first kappa shape index (κ1) is 17.4. The van der Waals surface area contributed by atoms with Crippen LogP contribution < -0.4 is 0 Å². The van der Waals surface area contributed by atoms with E-state index < -0.39 is 10.9 Å². The molecule has 0 aliphatic carbocycles. The van der Waals surface area contributed by atoms with Crippen molar-refractivity contribution < 1.29 is 24.2 Å². The highest BCUT2D eigenvalue weighted by molar-refractivity contribution is 5.77. The molecule has 0 unspecified atom stereocenters. The zero-order chi connectivity index (χ0) is 17.6. The molecule has 0 spiro atoms. The number of furan rings is 1. The van der Waals surface area contributed by atoms with Gasteiger partial charge in [0.1, 0.15) is 5.58 Å². The summed E-state index contributed by atoms with van der Waals surface area (Å²) in [6, 6.07) is 9.77. The molecule has 0 aliphatic heterocycles. The van der Waals surface area contributed by atoms with Crippen LogP contribution in [0, 0.1) is 10.1 Å². The van der Waals surface area contributed by atoms with Crippen molar-refractivity contribution in [3.8, 4) is 0 Å². The number of methoxy groups -OCH3 is 2. The summed E-state index contributed by atoms with van der Waals surface area (Å²) >= 11 is 0. The van der Waals surface area contributed by atoms with E-state index in [1.54, 1.807) is 26.7 Å². The van der Waals surface area contributed by atoms with E-state index in [9.17, 15) is 0 Å². The molecule has 0 saturated carbocycles. The molecule has 24 heavy (non-hydrogen) atoms. The molecular formula is C15H17N3O6. The fraction of sp³-hybridized carbons (Fsp3) is 0.267. The van der Waals surface area contributed by atoms with Crippen molar-refractivity contribution in [2.75, 3.05) is 14.2 Å². The second kappa shape index (κ2) is 7.57. The average Bonchev–Trinajstić information content (AvgIpc) is 3.21. The van der Waals surface area contributed by atoms with Crippen molar-refractivity contribution in [3.05, 3.63) is 64.9 Å². The minimum Gasteiger partial charge on any atom is -0.455 e. The summed E-state index contributed by atoms with van der Waals surface area (Å²) < 4.78 is 19.0. The van der Waals surface area contributed by atoms with Gasteiger partial charge < -0.3 is 23.7 Å². The Hall–Kier alpha value is -2.91. The molecule has 2 aromatic heterocycles. The van der Waals surface area contributed by atoms with E-state index in [0.29, 0.717) is 12.3 Å². The zero-order valence-electron chi connectivity index (χ0n) is 13.2. The Kier molecular flexibility index (Phi) is 5.51. The third kappa shape index (κ3) is 3.89. The van der Waals surface area contributed by atoms with Gasteiger partial charge in [0.25, 0.3) is 5.09 Å². The monoisotopic (exact) mass is 335 g/mol. The fourth-order valence-electron chi connectivity index (χ4n) is 2.28. The zero-order valence-corrected chi connectivity index (χ0v) is 13.2. The molecule has 0 radical (unpaired) electrons. The molecule has 1 N–H and O–H groups in total. The maximum atomic E-state index is 8.36. The van der Waals surface area contributed by atoms with Crippen LogP contribution in [0.2, 0.25) is 0 Å². The van der Waals surface area contributed by atoms with Crippen LogP contribution in [0.25, 0.3) is 11.0 Å². The molecule has 3 aromatic rings. The number of benzene rings is 1. The van der Waals surface area contributed by atoms with E-state index >= 15 is 0 Å². The minimum absolute atomic E-state index is 0.458. The standard InChI is InChI=1S/C15H16N2O3.HNO3/c1-18-15(19-2,10-17-8-7-16-11-17)14-9-12-5-3-4-6-13(12)20-14;2-1(3)4/h3-9,11H,10H2,1-2H3;(H,2,3,4). The van der Waals surface area contributed by atoms with E-state index in [1.807, 2.05) is 41.1 Å². The summed E-state index contributed by atoms with van der Waals surface area (Å²) in [4.78, 5) is 12.4. The lowest BCUT2D eigenvalue weighted by Gasteiger charge is -2.28. The first-order chi connectivity index (χ1) is 11.5. The maximum Gasteiger partial charge on any atom is 0.291 e. The third-order valence-electron chi connectivity index (χ3n) is 3.41. The van der Waals surface area contributed by atoms with Gasteiger partial charge in [0.15, 0.2) is 5.76 Å². The lowest BCUT2D eigenvalue weighted by atomic mass is 10.1. The molecule has 1 aromatic carbocycles. The van der Waals surface area contributed by atoms with Gasteiger partial charge in [0.05, 0.1) is 12.9 Å². The van der Waals surface area contributed by atoms with Gasteiger partial charge in [0, 0.05) is 32.0 Å². The topological polar surface area (TPSA) is 113 Å². The summed E-state index contributed by atoms with van der Waals surface area (Å²) in [5, 5.41) is 14.7. The first-order valence-electron chi connectivity index (χ1n) is 6.89. The van der Waals surface area contributed by atoms with Gasteiger partial charge in [-0.15, -0.1) is 10.1 Å². The predicted molar refractivity (Wildman–Crippen MR) is 82.9 cm³/mol. The summed E-state index contributed by atoms with van der Waals surface area (Å²) in [5.74, 6) is -0.336. The Labute approximate surface area is 137 Å². The van der Waals surface area contributed by atoms with Crippen LogP contribution in [0.3, 0.4) is 0 Å². The number of hydrogen-bond donors (Lipinski definition) is 1. The lowest BCUT2D eigenvalue weighted by Crippen LogP contribution is -2.35. The molecule has 0 atom stereocenters. The fourth-order valence-corrected chi connectivity index (χ4v) is 2.28. The van der Waals surface area contributed by atoms with Crippen LogP contribution in [0.5, 0.6) is 0 Å². The van der Waals surface area contributed by atoms with E-state index in [0.717, 1.165) is 11.0 Å². The molecule has 2 heterocycles. The lowest BCUT2D eigenvalue weighted by molar-refractivity contribution is -0.742. The Morgan fingerprint density at radius 3 is 2.58 bits per heavy atom. The van der Waals surface area contributed by atoms with Crippen LogP contribution in [-0.4, -0.2) is 34.1 Å². The van der Waals surface area contributed by atoms with Crippen LogP contribution in [0.15, 0.2) is 53.5 Å². The van der Waals surface area contributed by atoms with Gasteiger partial charge in [-0.25, -0.2) is 4.98 Å². The Bertz CT molecular complexity index is 742. The second-order valence-corrected chi connectivity index (χ2v) is 4.78. The first-order valence-corrected chi connectivity index (χ1v) is 6.89. The number of nitrogens with zero attached hydrogens (tertiary/aromatic N) is 3. The summed E-state index contributed by atoms with van der Waals surface area (Å²) in [6.07, 6.45) is 5.29. The normalized spacial score (nSPS) is 11.1. The summed E-state index contributed by atoms with van der Waals surface area (Å²) in [7, 11) is 3.21. The van der Waals surface area contributed by atoms with Crippen molar-refractivity contribution in [2.24, 2.45) is 0 Å². The largest absolute Gasteiger partial charge is 0.455 e. The molecule has 0 aliphatic rings. The second-order valence-electron chi connectivity index (χ2n) is 4.78. The summed E-state index contributed by atoms with van der Waals surface area (Å²) in [6.45, 7) is 0.458. The van der Waals surface area contributed by atoms with E-state index in [4.69, 9.17) is 29.2 Å². The molecule has 128 valence electrons. The third-order valence-corrected chi connectivity index (χ3v) is 3.41. The SMILES string of the molecule is COC(Cn1ccnc1)(OC)c1cc2ccccc2o1.O=[N+]([O-])O. The number of imidazole rings is 1. The quantitative estimate of drug-likeness (QED) is 0.433. The number of para-hydroxylation sites is 1. The molecule has 0 saturated heterocycles. The Morgan fingerprint density at radius 2 is 2.04 bits per heavy atom. The average molecular weight is 335 g/mol. The van der Waals surface area contributed by atoms with Crippen molar-refractivity contribution in [1.29, 1.82) is 0 Å². The number of hydrogen-bond acceptors (Lipinski definition) is 6. The van der Waals surface area contributed by atoms with Gasteiger partial charge in [-0.3, -0.25) is 0 Å². The molecule has 3 rings (SSSR count). The summed E-state index contributed by atoms with van der Waals surface area (Å²) in [5.41, 5.74) is 0.812. The molecule has 0 amide bonds. The number of ether oxygens (including phenoxy) is 2. The van der Waals surface area contributed by atoms with E-state index in [-0.39, 0.29) is 0 Å². The highest BCUT2D eigenvalue weighted by Gasteiger charge is 2.36. The van der Waals surface area contributed by atoms with Crippen LogP contribution in [-0.2, 0) is 21.8 Å². The number of rotatable bonds is 5. The Balaban J connectivity index is 0.000000471. The number of aromatic nitrogens is 2. The van der Waals surface area contributed by atoms with Crippen LogP contribution in [0.4, 0.5) is 0 Å². The molecule has 9 heteroatoms. The Morgan fingerprint density at radius 1 is 1.38 bits per heavy atom. The molecule has 9 nitrogen and oxygen atoms in total.